The topological polar surface area (TPSA) is 79.4 Å². The van der Waals surface area contributed by atoms with Gasteiger partial charge in [-0.1, -0.05) is 6.07 Å². The Labute approximate surface area is 90.3 Å². The Bertz CT molecular complexity index is 615. The maximum absolute atomic E-state index is 11.8. The van der Waals surface area contributed by atoms with E-state index in [0.717, 1.165) is 0 Å². The van der Waals surface area contributed by atoms with Crippen LogP contribution < -0.4 is 5.43 Å². The van der Waals surface area contributed by atoms with Crippen molar-refractivity contribution in [3.8, 4) is 5.75 Å². The van der Waals surface area contributed by atoms with Gasteiger partial charge >= 0.3 is 5.97 Å². The summed E-state index contributed by atoms with van der Waals surface area (Å²) >= 11 is 0. The number of phenolic OH excluding ortho intramolecular Hbond substituents is 1. The molecule has 82 valence electrons. The van der Waals surface area contributed by atoms with Crippen LogP contribution in [0, 0.1) is 0 Å². The lowest BCUT2D eigenvalue weighted by Crippen LogP contribution is -2.16. The highest BCUT2D eigenvalue weighted by atomic mass is 16.5. The van der Waals surface area contributed by atoms with Crippen molar-refractivity contribution in [1.82, 2.24) is 4.98 Å². The minimum Gasteiger partial charge on any atom is -0.506 e. The highest BCUT2D eigenvalue weighted by Crippen LogP contribution is 2.19. The molecule has 2 N–H and O–H groups in total. The monoisotopic (exact) mass is 219 g/mol. The van der Waals surface area contributed by atoms with Crippen LogP contribution in [-0.2, 0) is 4.74 Å². The number of aromatic hydroxyl groups is 1. The number of carbonyl (C=O) groups excluding carboxylic acids is 1. The lowest BCUT2D eigenvalue weighted by atomic mass is 10.1. The van der Waals surface area contributed by atoms with Gasteiger partial charge in [-0.25, -0.2) is 4.79 Å². The van der Waals surface area contributed by atoms with Gasteiger partial charge in [0.15, 0.2) is 0 Å². The van der Waals surface area contributed by atoms with Gasteiger partial charge in [-0.05, 0) is 12.1 Å². The van der Waals surface area contributed by atoms with Crippen LogP contribution in [0.5, 0.6) is 5.75 Å². The predicted octanol–water partition coefficient (Wildman–Crippen LogP) is 1.02. The number of pyridine rings is 1. The fourth-order valence-electron chi connectivity index (χ4n) is 1.50. The second-order valence-electron chi connectivity index (χ2n) is 3.22. The number of carbonyl (C=O) groups is 1. The first-order valence-corrected chi connectivity index (χ1v) is 4.57. The number of para-hydroxylation sites is 1. The molecule has 0 unspecified atom stereocenters. The molecule has 0 spiro atoms. The standard InChI is InChI=1S/C11H9NO4/c1-16-11(15)7-5-12-9-6(10(7)14)3-2-4-8(9)13/h2-5,13H,1H3,(H,12,14). The molecular formula is C11H9NO4. The molecule has 16 heavy (non-hydrogen) atoms. The van der Waals surface area contributed by atoms with Crippen molar-refractivity contribution in [3.05, 3.63) is 40.2 Å². The Morgan fingerprint density at radius 1 is 1.44 bits per heavy atom. The Balaban J connectivity index is 2.81. The molecule has 2 aromatic rings. The zero-order valence-corrected chi connectivity index (χ0v) is 8.48. The summed E-state index contributed by atoms with van der Waals surface area (Å²) in [4.78, 5) is 25.8. The third-order valence-electron chi connectivity index (χ3n) is 2.30. The summed E-state index contributed by atoms with van der Waals surface area (Å²) in [5, 5.41) is 9.75. The van der Waals surface area contributed by atoms with E-state index in [2.05, 4.69) is 9.72 Å². The first-order chi connectivity index (χ1) is 7.65. The first kappa shape index (κ1) is 10.2. The van der Waals surface area contributed by atoms with Crippen LogP contribution in [0.25, 0.3) is 10.9 Å². The summed E-state index contributed by atoms with van der Waals surface area (Å²) in [7, 11) is 1.20. The Kier molecular flexibility index (Phi) is 2.36. The number of ether oxygens (including phenoxy) is 1. The lowest BCUT2D eigenvalue weighted by Gasteiger charge is -2.02. The van der Waals surface area contributed by atoms with E-state index in [0.29, 0.717) is 5.52 Å². The van der Waals surface area contributed by atoms with E-state index < -0.39 is 11.4 Å². The number of H-pyrrole nitrogens is 1. The number of benzene rings is 1. The summed E-state index contributed by atoms with van der Waals surface area (Å²) in [6.45, 7) is 0. The molecule has 1 aromatic carbocycles. The summed E-state index contributed by atoms with van der Waals surface area (Å²) in [5.41, 5.74) is -0.239. The second-order valence-corrected chi connectivity index (χ2v) is 3.22. The van der Waals surface area contributed by atoms with Crippen molar-refractivity contribution in [2.75, 3.05) is 7.11 Å². The molecule has 1 aromatic heterocycles. The Hall–Kier alpha value is -2.30. The minimum atomic E-state index is -0.702. The van der Waals surface area contributed by atoms with Gasteiger partial charge in [0.05, 0.1) is 18.0 Å². The van der Waals surface area contributed by atoms with Crippen molar-refractivity contribution in [2.24, 2.45) is 0 Å². The van der Waals surface area contributed by atoms with Gasteiger partial charge in [0.2, 0.25) is 5.43 Å². The van der Waals surface area contributed by atoms with Crippen molar-refractivity contribution >= 4 is 16.9 Å². The molecule has 0 aliphatic rings. The third-order valence-corrected chi connectivity index (χ3v) is 2.30. The Morgan fingerprint density at radius 2 is 2.19 bits per heavy atom. The van der Waals surface area contributed by atoms with Gasteiger partial charge in [-0.15, -0.1) is 0 Å². The smallest absolute Gasteiger partial charge is 0.343 e. The van der Waals surface area contributed by atoms with Crippen LogP contribution in [0.3, 0.4) is 0 Å². The van der Waals surface area contributed by atoms with Gasteiger partial charge in [0, 0.05) is 6.20 Å². The lowest BCUT2D eigenvalue weighted by molar-refractivity contribution is 0.0599. The summed E-state index contributed by atoms with van der Waals surface area (Å²) in [5.74, 6) is -0.738. The molecule has 5 heteroatoms. The number of hydrogen-bond acceptors (Lipinski definition) is 4. The highest BCUT2D eigenvalue weighted by Gasteiger charge is 2.13. The predicted molar refractivity (Wildman–Crippen MR) is 57.6 cm³/mol. The van der Waals surface area contributed by atoms with Crippen LogP contribution in [0.2, 0.25) is 0 Å². The van der Waals surface area contributed by atoms with Crippen LogP contribution in [0.15, 0.2) is 29.2 Å². The number of aromatic amines is 1. The zero-order valence-electron chi connectivity index (χ0n) is 8.48. The summed E-state index contributed by atoms with van der Waals surface area (Å²) < 4.78 is 4.47. The molecule has 2 rings (SSSR count). The van der Waals surface area contributed by atoms with Gasteiger partial charge in [0.1, 0.15) is 11.3 Å². The largest absolute Gasteiger partial charge is 0.506 e. The molecule has 0 atom stereocenters. The van der Waals surface area contributed by atoms with E-state index in [4.69, 9.17) is 0 Å². The van der Waals surface area contributed by atoms with E-state index in [-0.39, 0.29) is 16.7 Å². The van der Waals surface area contributed by atoms with E-state index in [1.165, 1.54) is 31.5 Å². The molecular weight excluding hydrogens is 210 g/mol. The number of aromatic nitrogens is 1. The molecule has 0 bridgehead atoms. The number of fused-ring (bicyclic) bond motifs is 1. The second kappa shape index (κ2) is 3.69. The summed E-state index contributed by atoms with van der Waals surface area (Å²) in [6, 6.07) is 4.52. The quantitative estimate of drug-likeness (QED) is 0.702. The van der Waals surface area contributed by atoms with Crippen LogP contribution >= 0.6 is 0 Å². The average molecular weight is 219 g/mol. The highest BCUT2D eigenvalue weighted by molar-refractivity contribution is 5.94. The van der Waals surface area contributed by atoms with Crippen LogP contribution in [0.4, 0.5) is 0 Å². The SMILES string of the molecule is COC(=O)c1c[nH]c2c(O)cccc2c1=O. The number of hydrogen-bond donors (Lipinski definition) is 2. The minimum absolute atomic E-state index is 0.0361. The molecule has 0 fully saturated rings. The van der Waals surface area contributed by atoms with E-state index in [1.807, 2.05) is 0 Å². The van der Waals surface area contributed by atoms with Crippen molar-refractivity contribution in [2.45, 2.75) is 0 Å². The van der Waals surface area contributed by atoms with Gasteiger partial charge < -0.3 is 14.8 Å². The molecule has 1 heterocycles. The van der Waals surface area contributed by atoms with Crippen LogP contribution in [0.1, 0.15) is 10.4 Å². The number of nitrogens with one attached hydrogen (secondary N) is 1. The first-order valence-electron chi connectivity index (χ1n) is 4.57. The van der Waals surface area contributed by atoms with Crippen LogP contribution in [-0.4, -0.2) is 23.2 Å². The average Bonchev–Trinajstić information content (AvgIpc) is 2.30. The number of esters is 1. The summed E-state index contributed by atoms with van der Waals surface area (Å²) in [6.07, 6.45) is 1.23. The van der Waals surface area contributed by atoms with E-state index in [1.54, 1.807) is 0 Å². The Morgan fingerprint density at radius 3 is 2.88 bits per heavy atom. The van der Waals surface area contributed by atoms with Crippen molar-refractivity contribution in [3.63, 3.8) is 0 Å². The molecule has 0 radical (unpaired) electrons. The van der Waals surface area contributed by atoms with E-state index in [9.17, 15) is 14.7 Å². The maximum Gasteiger partial charge on any atom is 0.343 e. The zero-order chi connectivity index (χ0) is 11.7. The maximum atomic E-state index is 11.8. The number of phenols is 1. The normalized spacial score (nSPS) is 10.3. The van der Waals surface area contributed by atoms with Crippen molar-refractivity contribution < 1.29 is 14.6 Å². The van der Waals surface area contributed by atoms with Crippen molar-refractivity contribution in [1.29, 1.82) is 0 Å². The number of methoxy groups -OCH3 is 1. The van der Waals surface area contributed by atoms with Gasteiger partial charge in [-0.3, -0.25) is 4.79 Å². The molecule has 0 aliphatic carbocycles. The fraction of sp³-hybridized carbons (Fsp3) is 0.0909. The molecule has 0 saturated heterocycles. The fourth-order valence-corrected chi connectivity index (χ4v) is 1.50. The molecule has 0 aliphatic heterocycles. The molecule has 0 saturated carbocycles. The van der Waals surface area contributed by atoms with Gasteiger partial charge in [-0.2, -0.15) is 0 Å². The van der Waals surface area contributed by atoms with E-state index >= 15 is 0 Å². The molecule has 5 nitrogen and oxygen atoms in total. The number of rotatable bonds is 1. The third kappa shape index (κ3) is 1.42. The van der Waals surface area contributed by atoms with Gasteiger partial charge in [0.25, 0.3) is 0 Å². The molecule has 0 amide bonds.